The number of aryl methyl sites for hydroxylation is 2. The van der Waals surface area contributed by atoms with Crippen molar-refractivity contribution < 1.29 is 18.7 Å². The molecule has 8 heteroatoms. The summed E-state index contributed by atoms with van der Waals surface area (Å²) < 4.78 is 11.0. The van der Waals surface area contributed by atoms with Crippen molar-refractivity contribution in [2.24, 2.45) is 5.41 Å². The van der Waals surface area contributed by atoms with Crippen molar-refractivity contribution in [3.8, 4) is 5.75 Å². The predicted octanol–water partition coefficient (Wildman–Crippen LogP) is 5.85. The van der Waals surface area contributed by atoms with Crippen molar-refractivity contribution in [1.29, 1.82) is 0 Å². The number of amides is 2. The second-order valence-electron chi connectivity index (χ2n) is 9.03. The highest BCUT2D eigenvalue weighted by molar-refractivity contribution is 7.80. The third-order valence-corrected chi connectivity index (χ3v) is 5.72. The van der Waals surface area contributed by atoms with Crippen molar-refractivity contribution in [1.82, 2.24) is 5.32 Å². The van der Waals surface area contributed by atoms with Crippen molar-refractivity contribution in [2.75, 3.05) is 17.2 Å². The van der Waals surface area contributed by atoms with Gasteiger partial charge >= 0.3 is 0 Å². The lowest BCUT2D eigenvalue weighted by atomic mass is 9.87. The molecule has 0 saturated carbocycles. The summed E-state index contributed by atoms with van der Waals surface area (Å²) in [6.45, 7) is 8.34. The fraction of sp³-hybridized carbons (Fsp3) is 0.296. The van der Waals surface area contributed by atoms with Crippen LogP contribution in [0.4, 0.5) is 11.4 Å². The van der Waals surface area contributed by atoms with Gasteiger partial charge in [0.1, 0.15) is 5.75 Å². The fourth-order valence-corrected chi connectivity index (χ4v) is 3.59. The van der Waals surface area contributed by atoms with Crippen LogP contribution in [0.25, 0.3) is 0 Å². The van der Waals surface area contributed by atoms with Crippen molar-refractivity contribution in [2.45, 2.75) is 40.5 Å². The fourth-order valence-electron chi connectivity index (χ4n) is 3.38. The molecule has 0 radical (unpaired) electrons. The van der Waals surface area contributed by atoms with Gasteiger partial charge in [-0.2, -0.15) is 0 Å². The van der Waals surface area contributed by atoms with Gasteiger partial charge in [0.25, 0.3) is 5.91 Å². The lowest BCUT2D eigenvalue weighted by molar-refractivity contribution is -0.128. The molecule has 2 aromatic carbocycles. The number of thiocarbonyl (C=S) groups is 1. The SMILES string of the molecule is Cc1ccc(C)c(OCCCC(C)(C)C(=O)NC(=S)Nc2cccc(NC(=O)c3ccco3)c2)c1. The lowest BCUT2D eigenvalue weighted by Crippen LogP contribution is -2.42. The molecule has 0 aliphatic carbocycles. The molecule has 0 spiro atoms. The van der Waals surface area contributed by atoms with E-state index in [0.717, 1.165) is 23.3 Å². The normalized spacial score (nSPS) is 11.0. The molecule has 0 saturated heterocycles. The Balaban J connectivity index is 1.46. The zero-order valence-electron chi connectivity index (χ0n) is 20.4. The van der Waals surface area contributed by atoms with Crippen molar-refractivity contribution >= 4 is 40.5 Å². The van der Waals surface area contributed by atoms with E-state index in [4.69, 9.17) is 21.4 Å². The third kappa shape index (κ3) is 7.68. The first-order valence-electron chi connectivity index (χ1n) is 11.4. The molecule has 7 nitrogen and oxygen atoms in total. The monoisotopic (exact) mass is 493 g/mol. The van der Waals surface area contributed by atoms with Gasteiger partial charge in [-0.15, -0.1) is 0 Å². The van der Waals surface area contributed by atoms with E-state index in [9.17, 15) is 9.59 Å². The number of rotatable bonds is 9. The Morgan fingerprint density at radius 1 is 1.00 bits per heavy atom. The minimum absolute atomic E-state index is 0.177. The Bertz CT molecular complexity index is 1190. The second kappa shape index (κ2) is 11.7. The Kier molecular flexibility index (Phi) is 8.65. The molecule has 0 fully saturated rings. The average molecular weight is 494 g/mol. The number of carbonyl (C=O) groups is 2. The lowest BCUT2D eigenvalue weighted by Gasteiger charge is -2.24. The molecule has 1 aromatic heterocycles. The average Bonchev–Trinajstić information content (AvgIpc) is 3.34. The quantitative estimate of drug-likeness (QED) is 0.256. The number of benzene rings is 2. The summed E-state index contributed by atoms with van der Waals surface area (Å²) in [7, 11) is 0. The molecule has 0 bridgehead atoms. The molecule has 1 heterocycles. The van der Waals surface area contributed by atoms with E-state index >= 15 is 0 Å². The summed E-state index contributed by atoms with van der Waals surface area (Å²) in [6, 6.07) is 16.4. The summed E-state index contributed by atoms with van der Waals surface area (Å²) in [4.78, 5) is 25.0. The highest BCUT2D eigenvalue weighted by Crippen LogP contribution is 2.24. The van der Waals surface area contributed by atoms with E-state index in [1.165, 1.54) is 6.26 Å². The number of hydrogen-bond acceptors (Lipinski definition) is 5. The zero-order chi connectivity index (χ0) is 25.4. The summed E-state index contributed by atoms with van der Waals surface area (Å²) in [5.74, 6) is 0.559. The van der Waals surface area contributed by atoms with Gasteiger partial charge in [0.05, 0.1) is 12.9 Å². The highest BCUT2D eigenvalue weighted by atomic mass is 32.1. The standard InChI is InChI=1S/C27H31N3O4S/c1-18-11-12-19(2)23(16-18)34-15-7-13-27(3,4)25(32)30-26(35)29-21-9-5-8-20(17-21)28-24(31)22-10-6-14-33-22/h5-6,8-12,14,16-17H,7,13,15H2,1-4H3,(H,28,31)(H2,29,30,32,35). The topological polar surface area (TPSA) is 92.6 Å². The number of furan rings is 1. The minimum Gasteiger partial charge on any atom is -0.493 e. The molecule has 2 amide bonds. The van der Waals surface area contributed by atoms with Gasteiger partial charge in [0.15, 0.2) is 10.9 Å². The maximum absolute atomic E-state index is 12.8. The Hall–Kier alpha value is -3.65. The van der Waals surface area contributed by atoms with Gasteiger partial charge in [0, 0.05) is 16.8 Å². The van der Waals surface area contributed by atoms with Crippen LogP contribution in [-0.2, 0) is 4.79 Å². The summed E-state index contributed by atoms with van der Waals surface area (Å²) in [5, 5.41) is 8.70. The molecular weight excluding hydrogens is 462 g/mol. The van der Waals surface area contributed by atoms with Crippen LogP contribution >= 0.6 is 12.2 Å². The number of anilines is 2. The molecule has 0 atom stereocenters. The molecular formula is C27H31N3O4S. The van der Waals surface area contributed by atoms with Gasteiger partial charge < -0.3 is 25.1 Å². The van der Waals surface area contributed by atoms with Crippen LogP contribution in [0.1, 0.15) is 48.4 Å². The van der Waals surface area contributed by atoms with Gasteiger partial charge in [0.2, 0.25) is 5.91 Å². The van der Waals surface area contributed by atoms with Crippen LogP contribution in [0.3, 0.4) is 0 Å². The number of nitrogens with one attached hydrogen (secondary N) is 3. The van der Waals surface area contributed by atoms with Crippen LogP contribution in [0.15, 0.2) is 65.3 Å². The minimum atomic E-state index is -0.629. The van der Waals surface area contributed by atoms with Crippen LogP contribution in [0, 0.1) is 19.3 Å². The molecule has 3 rings (SSSR count). The van der Waals surface area contributed by atoms with Gasteiger partial charge in [-0.25, -0.2) is 0 Å². The smallest absolute Gasteiger partial charge is 0.291 e. The molecule has 3 N–H and O–H groups in total. The van der Waals surface area contributed by atoms with Crippen molar-refractivity contribution in [3.63, 3.8) is 0 Å². The van der Waals surface area contributed by atoms with Gasteiger partial charge in [-0.1, -0.05) is 32.0 Å². The highest BCUT2D eigenvalue weighted by Gasteiger charge is 2.28. The van der Waals surface area contributed by atoms with Crippen LogP contribution in [0.2, 0.25) is 0 Å². The number of carbonyl (C=O) groups excluding carboxylic acids is 2. The van der Waals surface area contributed by atoms with E-state index in [2.05, 4.69) is 22.0 Å². The van der Waals surface area contributed by atoms with Gasteiger partial charge in [-0.3, -0.25) is 9.59 Å². The Morgan fingerprint density at radius 2 is 1.74 bits per heavy atom. The maximum Gasteiger partial charge on any atom is 0.291 e. The first kappa shape index (κ1) is 26.0. The predicted molar refractivity (Wildman–Crippen MR) is 142 cm³/mol. The van der Waals surface area contributed by atoms with E-state index < -0.39 is 5.41 Å². The van der Waals surface area contributed by atoms with E-state index in [-0.39, 0.29) is 22.7 Å². The zero-order valence-corrected chi connectivity index (χ0v) is 21.3. The summed E-state index contributed by atoms with van der Waals surface area (Å²) >= 11 is 5.33. The number of ether oxygens (including phenoxy) is 1. The van der Waals surface area contributed by atoms with E-state index in [1.807, 2.05) is 39.8 Å². The summed E-state index contributed by atoms with van der Waals surface area (Å²) in [5.41, 5.74) is 2.81. The Labute approximate surface area is 211 Å². The Morgan fingerprint density at radius 3 is 2.46 bits per heavy atom. The number of hydrogen-bond donors (Lipinski definition) is 3. The van der Waals surface area contributed by atoms with Crippen LogP contribution < -0.4 is 20.7 Å². The van der Waals surface area contributed by atoms with E-state index in [1.54, 1.807) is 36.4 Å². The first-order chi connectivity index (χ1) is 16.6. The second-order valence-corrected chi connectivity index (χ2v) is 9.43. The van der Waals surface area contributed by atoms with Gasteiger partial charge in [-0.05, 0) is 86.4 Å². The summed E-state index contributed by atoms with van der Waals surface area (Å²) in [6.07, 6.45) is 2.81. The molecule has 0 aliphatic heterocycles. The van der Waals surface area contributed by atoms with Crippen LogP contribution in [-0.4, -0.2) is 23.5 Å². The first-order valence-corrected chi connectivity index (χ1v) is 11.8. The maximum atomic E-state index is 12.8. The molecule has 35 heavy (non-hydrogen) atoms. The molecule has 3 aromatic rings. The van der Waals surface area contributed by atoms with E-state index in [0.29, 0.717) is 24.4 Å². The van der Waals surface area contributed by atoms with Crippen LogP contribution in [0.5, 0.6) is 5.75 Å². The largest absolute Gasteiger partial charge is 0.493 e. The molecule has 0 aliphatic rings. The van der Waals surface area contributed by atoms with Crippen molar-refractivity contribution in [3.05, 3.63) is 77.7 Å². The third-order valence-electron chi connectivity index (χ3n) is 5.51. The molecule has 184 valence electrons. The molecule has 0 unspecified atom stereocenters.